The Morgan fingerprint density at radius 1 is 1.07 bits per heavy atom. The maximum absolute atomic E-state index is 12.9. The van der Waals surface area contributed by atoms with Crippen LogP contribution in [0.3, 0.4) is 0 Å². The van der Waals surface area contributed by atoms with E-state index in [-0.39, 0.29) is 39.9 Å². The molecule has 1 amide bonds. The third-order valence-electron chi connectivity index (χ3n) is 4.70. The molecule has 0 spiro atoms. The van der Waals surface area contributed by atoms with Gasteiger partial charge in [-0.1, -0.05) is 29.3 Å². The number of nitrogens with one attached hydrogen (secondary N) is 1. The van der Waals surface area contributed by atoms with E-state index in [0.29, 0.717) is 12.8 Å². The Hall–Kier alpha value is -1.25. The third-order valence-corrected chi connectivity index (χ3v) is 8.30. The van der Waals surface area contributed by atoms with Crippen LogP contribution in [-0.2, 0) is 14.8 Å². The van der Waals surface area contributed by atoms with Crippen molar-refractivity contribution in [2.75, 3.05) is 24.7 Å². The van der Waals surface area contributed by atoms with Gasteiger partial charge in [-0.15, -0.1) is 11.8 Å². The van der Waals surface area contributed by atoms with Crippen LogP contribution in [0.4, 0.5) is 5.69 Å². The third kappa shape index (κ3) is 4.66. The van der Waals surface area contributed by atoms with Crippen molar-refractivity contribution in [3.05, 3.63) is 52.5 Å². The van der Waals surface area contributed by atoms with E-state index in [1.54, 1.807) is 17.8 Å². The van der Waals surface area contributed by atoms with Crippen molar-refractivity contribution in [1.29, 1.82) is 0 Å². The lowest BCUT2D eigenvalue weighted by atomic mass is 9.97. The summed E-state index contributed by atoms with van der Waals surface area (Å²) < 4.78 is 27.2. The number of hydrogen-bond acceptors (Lipinski definition) is 4. The van der Waals surface area contributed by atoms with Gasteiger partial charge in [-0.05, 0) is 55.5 Å². The Kier molecular flexibility index (Phi) is 6.94. The molecule has 1 heterocycles. The highest BCUT2D eigenvalue weighted by Crippen LogP contribution is 2.33. The largest absolute Gasteiger partial charge is 0.326 e. The standard InChI is InChI=1S/C19H20Cl2N2O3S2/c1-27-15-7-5-14(6-8-15)22-19(24)13-9-11-23(12-10-13)28(25,26)18-16(20)3-2-4-17(18)21/h2-8,13H,9-12H2,1H3,(H,22,24). The molecule has 0 radical (unpaired) electrons. The lowest BCUT2D eigenvalue weighted by molar-refractivity contribution is -0.120. The number of halogens is 2. The van der Waals surface area contributed by atoms with Gasteiger partial charge in [-0.2, -0.15) is 4.31 Å². The minimum atomic E-state index is -3.80. The van der Waals surface area contributed by atoms with E-state index in [4.69, 9.17) is 23.2 Å². The molecule has 0 aliphatic carbocycles. The number of rotatable bonds is 5. The molecule has 2 aromatic carbocycles. The van der Waals surface area contributed by atoms with E-state index in [0.717, 1.165) is 10.6 Å². The number of carbonyl (C=O) groups excluding carboxylic acids is 1. The molecule has 0 bridgehead atoms. The minimum absolute atomic E-state index is 0.0740. The number of amides is 1. The normalized spacial score (nSPS) is 16.1. The zero-order chi connectivity index (χ0) is 20.3. The van der Waals surface area contributed by atoms with Crippen molar-refractivity contribution in [3.8, 4) is 0 Å². The number of hydrogen-bond donors (Lipinski definition) is 1. The molecule has 28 heavy (non-hydrogen) atoms. The summed E-state index contributed by atoms with van der Waals surface area (Å²) >= 11 is 13.8. The van der Waals surface area contributed by atoms with E-state index >= 15 is 0 Å². The maximum atomic E-state index is 12.9. The van der Waals surface area contributed by atoms with Crippen LogP contribution in [0.2, 0.25) is 10.0 Å². The molecule has 1 saturated heterocycles. The second-order valence-corrected chi connectivity index (χ2v) is 10.0. The zero-order valence-corrected chi connectivity index (χ0v) is 18.3. The zero-order valence-electron chi connectivity index (χ0n) is 15.2. The number of sulfonamides is 1. The smallest absolute Gasteiger partial charge is 0.246 e. The predicted octanol–water partition coefficient (Wildman–Crippen LogP) is 4.75. The Labute approximate surface area is 179 Å². The van der Waals surface area contributed by atoms with Crippen LogP contribution in [-0.4, -0.2) is 38.0 Å². The molecule has 1 aliphatic rings. The van der Waals surface area contributed by atoms with Crippen molar-refractivity contribution in [3.63, 3.8) is 0 Å². The van der Waals surface area contributed by atoms with Gasteiger partial charge in [0.05, 0.1) is 10.0 Å². The molecule has 0 unspecified atom stereocenters. The van der Waals surface area contributed by atoms with Gasteiger partial charge in [0.2, 0.25) is 15.9 Å². The first-order valence-electron chi connectivity index (χ1n) is 8.72. The minimum Gasteiger partial charge on any atom is -0.326 e. The fourth-order valence-electron chi connectivity index (χ4n) is 3.14. The van der Waals surface area contributed by atoms with Crippen LogP contribution in [0.5, 0.6) is 0 Å². The lowest BCUT2D eigenvalue weighted by Crippen LogP contribution is -2.41. The van der Waals surface area contributed by atoms with Gasteiger partial charge in [0.15, 0.2) is 0 Å². The monoisotopic (exact) mass is 458 g/mol. The Bertz CT molecular complexity index is 937. The summed E-state index contributed by atoms with van der Waals surface area (Å²) in [5.41, 5.74) is 0.737. The van der Waals surface area contributed by atoms with E-state index in [2.05, 4.69) is 5.32 Å². The van der Waals surface area contributed by atoms with Gasteiger partial charge < -0.3 is 5.32 Å². The first kappa shape index (κ1) is 21.5. The van der Waals surface area contributed by atoms with Crippen molar-refractivity contribution < 1.29 is 13.2 Å². The molecule has 1 N–H and O–H groups in total. The molecular weight excluding hydrogens is 439 g/mol. The van der Waals surface area contributed by atoms with E-state index in [1.807, 2.05) is 30.5 Å². The molecule has 0 aromatic heterocycles. The fraction of sp³-hybridized carbons (Fsp3) is 0.316. The van der Waals surface area contributed by atoms with Crippen molar-refractivity contribution in [1.82, 2.24) is 4.31 Å². The van der Waals surface area contributed by atoms with Crippen LogP contribution in [0.1, 0.15) is 12.8 Å². The van der Waals surface area contributed by atoms with Gasteiger partial charge in [-0.3, -0.25) is 4.79 Å². The van der Waals surface area contributed by atoms with Crippen LogP contribution < -0.4 is 5.32 Å². The average molecular weight is 459 g/mol. The average Bonchev–Trinajstić information content (AvgIpc) is 2.68. The molecule has 2 aromatic rings. The Morgan fingerprint density at radius 3 is 2.18 bits per heavy atom. The molecule has 3 rings (SSSR count). The van der Waals surface area contributed by atoms with Crippen molar-refractivity contribution in [2.45, 2.75) is 22.6 Å². The van der Waals surface area contributed by atoms with Crippen LogP contribution in [0.15, 0.2) is 52.3 Å². The summed E-state index contributed by atoms with van der Waals surface area (Å²) in [5, 5.41) is 3.10. The lowest BCUT2D eigenvalue weighted by Gasteiger charge is -2.31. The van der Waals surface area contributed by atoms with Crippen LogP contribution in [0.25, 0.3) is 0 Å². The summed E-state index contributed by atoms with van der Waals surface area (Å²) in [7, 11) is -3.80. The number of carbonyl (C=O) groups is 1. The number of piperidine rings is 1. The molecule has 0 atom stereocenters. The van der Waals surface area contributed by atoms with Gasteiger partial charge in [0.1, 0.15) is 4.90 Å². The summed E-state index contributed by atoms with van der Waals surface area (Å²) in [6.07, 6.45) is 2.87. The van der Waals surface area contributed by atoms with Crippen LogP contribution >= 0.6 is 35.0 Å². The van der Waals surface area contributed by atoms with Crippen molar-refractivity contribution >= 4 is 56.6 Å². The van der Waals surface area contributed by atoms with Gasteiger partial charge in [0.25, 0.3) is 0 Å². The first-order chi connectivity index (χ1) is 13.3. The topological polar surface area (TPSA) is 66.5 Å². The predicted molar refractivity (Wildman–Crippen MR) is 115 cm³/mol. The molecule has 1 aliphatic heterocycles. The first-order valence-corrected chi connectivity index (χ1v) is 12.1. The summed E-state index contributed by atoms with van der Waals surface area (Å²) in [6.45, 7) is 0.487. The molecule has 150 valence electrons. The highest BCUT2D eigenvalue weighted by molar-refractivity contribution is 7.98. The van der Waals surface area contributed by atoms with Crippen LogP contribution in [0, 0.1) is 5.92 Å². The Balaban J connectivity index is 1.64. The highest BCUT2D eigenvalue weighted by Gasteiger charge is 2.34. The fourth-order valence-corrected chi connectivity index (χ4v) is 6.10. The maximum Gasteiger partial charge on any atom is 0.246 e. The number of anilines is 1. The number of benzene rings is 2. The van der Waals surface area contributed by atoms with Crippen molar-refractivity contribution in [2.24, 2.45) is 5.92 Å². The number of thioether (sulfide) groups is 1. The quantitative estimate of drug-likeness (QED) is 0.656. The van der Waals surface area contributed by atoms with E-state index in [1.165, 1.54) is 16.4 Å². The SMILES string of the molecule is CSc1ccc(NC(=O)C2CCN(S(=O)(=O)c3c(Cl)cccc3Cl)CC2)cc1. The van der Waals surface area contributed by atoms with Gasteiger partial charge in [-0.25, -0.2) is 8.42 Å². The number of nitrogens with zero attached hydrogens (tertiary/aromatic N) is 1. The summed E-state index contributed by atoms with van der Waals surface area (Å²) in [6, 6.07) is 12.2. The van der Waals surface area contributed by atoms with Gasteiger partial charge in [0, 0.05) is 29.6 Å². The summed E-state index contributed by atoms with van der Waals surface area (Å²) in [4.78, 5) is 13.6. The second-order valence-electron chi connectivity index (χ2n) is 6.45. The summed E-state index contributed by atoms with van der Waals surface area (Å²) in [5.74, 6) is -0.335. The van der Waals surface area contributed by atoms with E-state index < -0.39 is 10.0 Å². The molecular formula is C19H20Cl2N2O3S2. The van der Waals surface area contributed by atoms with Gasteiger partial charge >= 0.3 is 0 Å². The molecule has 0 saturated carbocycles. The highest BCUT2D eigenvalue weighted by atomic mass is 35.5. The molecule has 9 heteroatoms. The molecule has 1 fully saturated rings. The molecule has 5 nitrogen and oxygen atoms in total. The second kappa shape index (κ2) is 9.05. The Morgan fingerprint density at radius 2 is 1.64 bits per heavy atom. The van der Waals surface area contributed by atoms with E-state index in [9.17, 15) is 13.2 Å².